The summed E-state index contributed by atoms with van der Waals surface area (Å²) < 4.78 is 20.8. The van der Waals surface area contributed by atoms with Crippen molar-refractivity contribution >= 4 is 37.5 Å². The van der Waals surface area contributed by atoms with Gasteiger partial charge in [-0.3, -0.25) is 0 Å². The van der Waals surface area contributed by atoms with E-state index in [1.807, 2.05) is 30.3 Å². The molecule has 0 unspecified atom stereocenters. The van der Waals surface area contributed by atoms with Gasteiger partial charge in [0, 0.05) is 12.2 Å². The minimum absolute atomic E-state index is 0.262. The second kappa shape index (κ2) is 8.69. The van der Waals surface area contributed by atoms with Crippen molar-refractivity contribution in [3.8, 4) is 5.75 Å². The zero-order valence-electron chi connectivity index (χ0n) is 14.2. The second-order valence-electron chi connectivity index (χ2n) is 6.03. The van der Waals surface area contributed by atoms with Gasteiger partial charge in [-0.05, 0) is 91.9 Å². The molecule has 0 radical (unpaired) electrons. The van der Waals surface area contributed by atoms with Gasteiger partial charge in [0.25, 0.3) is 0 Å². The van der Waals surface area contributed by atoms with Gasteiger partial charge in [0.15, 0.2) is 0 Å². The van der Waals surface area contributed by atoms with Crippen LogP contribution in [0.5, 0.6) is 5.75 Å². The number of nitrogens with one attached hydrogen (secondary N) is 1. The maximum Gasteiger partial charge on any atom is 0.148 e. The van der Waals surface area contributed by atoms with Gasteiger partial charge in [-0.2, -0.15) is 0 Å². The molecule has 0 saturated carbocycles. The quantitative estimate of drug-likeness (QED) is 0.418. The zero-order valence-corrected chi connectivity index (χ0v) is 17.4. The Morgan fingerprint density at radius 1 is 0.923 bits per heavy atom. The Morgan fingerprint density at radius 3 is 2.35 bits per heavy atom. The maximum absolute atomic E-state index is 13.3. The normalized spacial score (nSPS) is 10.6. The molecule has 3 aromatic rings. The highest BCUT2D eigenvalue weighted by Crippen LogP contribution is 2.35. The van der Waals surface area contributed by atoms with Crippen LogP contribution >= 0.6 is 31.9 Å². The van der Waals surface area contributed by atoms with E-state index in [0.29, 0.717) is 18.9 Å². The van der Waals surface area contributed by atoms with E-state index in [2.05, 4.69) is 56.2 Å². The molecule has 1 N–H and O–H groups in total. The summed E-state index contributed by atoms with van der Waals surface area (Å²) in [4.78, 5) is 0. The van der Waals surface area contributed by atoms with Crippen LogP contribution in [0, 0.1) is 12.7 Å². The first kappa shape index (κ1) is 18.9. The minimum Gasteiger partial charge on any atom is -0.487 e. The van der Waals surface area contributed by atoms with Crippen LogP contribution in [-0.2, 0) is 13.2 Å². The van der Waals surface area contributed by atoms with Gasteiger partial charge >= 0.3 is 0 Å². The number of halogens is 3. The van der Waals surface area contributed by atoms with E-state index in [0.717, 1.165) is 25.8 Å². The molecule has 5 heteroatoms. The third-order valence-electron chi connectivity index (χ3n) is 3.84. The summed E-state index contributed by atoms with van der Waals surface area (Å²) in [5.74, 6) is 0.440. The topological polar surface area (TPSA) is 21.3 Å². The fourth-order valence-corrected chi connectivity index (χ4v) is 4.10. The molecular formula is C21H18Br2FNO. The predicted octanol–water partition coefficient (Wildman–Crippen LogP) is 6.85. The fraction of sp³-hybridized carbons (Fsp3) is 0.143. The Morgan fingerprint density at radius 2 is 1.65 bits per heavy atom. The average molecular weight is 479 g/mol. The molecule has 26 heavy (non-hydrogen) atoms. The van der Waals surface area contributed by atoms with Crippen LogP contribution in [0.3, 0.4) is 0 Å². The smallest absolute Gasteiger partial charge is 0.148 e. The van der Waals surface area contributed by atoms with E-state index in [4.69, 9.17) is 4.74 Å². The maximum atomic E-state index is 13.3. The third kappa shape index (κ3) is 5.08. The Hall–Kier alpha value is -1.85. The van der Waals surface area contributed by atoms with Crippen LogP contribution in [-0.4, -0.2) is 0 Å². The molecule has 0 aliphatic heterocycles. The van der Waals surface area contributed by atoms with Crippen LogP contribution in [0.1, 0.15) is 16.7 Å². The molecule has 0 spiro atoms. The molecule has 0 aliphatic rings. The number of benzene rings is 3. The number of rotatable bonds is 6. The number of anilines is 1. The molecule has 134 valence electrons. The van der Waals surface area contributed by atoms with Crippen molar-refractivity contribution in [2.75, 3.05) is 5.32 Å². The molecule has 0 aliphatic carbocycles. The lowest BCUT2D eigenvalue weighted by Crippen LogP contribution is -2.02. The van der Waals surface area contributed by atoms with Crippen molar-refractivity contribution in [1.82, 2.24) is 0 Å². The minimum atomic E-state index is -0.262. The van der Waals surface area contributed by atoms with Gasteiger partial charge in [-0.1, -0.05) is 24.3 Å². The van der Waals surface area contributed by atoms with Crippen LogP contribution in [0.25, 0.3) is 0 Å². The first-order valence-corrected chi connectivity index (χ1v) is 9.75. The summed E-state index contributed by atoms with van der Waals surface area (Å²) in [6, 6.07) is 18.7. The average Bonchev–Trinajstić information content (AvgIpc) is 2.59. The van der Waals surface area contributed by atoms with Crippen molar-refractivity contribution < 1.29 is 9.13 Å². The van der Waals surface area contributed by atoms with Crippen molar-refractivity contribution in [2.24, 2.45) is 0 Å². The summed E-state index contributed by atoms with van der Waals surface area (Å²) >= 11 is 7.13. The highest BCUT2D eigenvalue weighted by Gasteiger charge is 2.10. The lowest BCUT2D eigenvalue weighted by Gasteiger charge is -2.13. The summed E-state index contributed by atoms with van der Waals surface area (Å²) in [5.41, 5.74) is 4.21. The molecule has 0 bridgehead atoms. The van der Waals surface area contributed by atoms with Gasteiger partial charge < -0.3 is 10.1 Å². The fourth-order valence-electron chi connectivity index (χ4n) is 2.59. The van der Waals surface area contributed by atoms with Gasteiger partial charge in [0.05, 0.1) is 8.95 Å². The second-order valence-corrected chi connectivity index (χ2v) is 7.74. The van der Waals surface area contributed by atoms with Gasteiger partial charge in [0.1, 0.15) is 18.2 Å². The van der Waals surface area contributed by atoms with E-state index >= 15 is 0 Å². The first-order chi connectivity index (χ1) is 12.5. The Kier molecular flexibility index (Phi) is 6.33. The summed E-state index contributed by atoms with van der Waals surface area (Å²) in [7, 11) is 0. The van der Waals surface area contributed by atoms with E-state index in [1.54, 1.807) is 6.07 Å². The van der Waals surface area contributed by atoms with Gasteiger partial charge in [-0.15, -0.1) is 0 Å². The lowest BCUT2D eigenvalue weighted by molar-refractivity contribution is 0.301. The standard InChI is InChI=1S/C21H18Br2FNO/c1-14-4-2-7-18(8-14)25-12-16-10-19(22)21(20(23)11-16)26-13-15-5-3-6-17(24)9-15/h2-11,25H,12-13H2,1H3. The van der Waals surface area contributed by atoms with Gasteiger partial charge in [-0.25, -0.2) is 4.39 Å². The third-order valence-corrected chi connectivity index (χ3v) is 5.02. The molecule has 0 heterocycles. The summed E-state index contributed by atoms with van der Waals surface area (Å²) in [5, 5.41) is 3.42. The van der Waals surface area contributed by atoms with Gasteiger partial charge in [0.2, 0.25) is 0 Å². The van der Waals surface area contributed by atoms with E-state index < -0.39 is 0 Å². The molecule has 0 saturated heterocycles. The van der Waals surface area contributed by atoms with Crippen molar-refractivity contribution in [2.45, 2.75) is 20.1 Å². The van der Waals surface area contributed by atoms with Crippen LogP contribution in [0.4, 0.5) is 10.1 Å². The molecule has 2 nitrogen and oxygen atoms in total. The van der Waals surface area contributed by atoms with Crippen LogP contribution < -0.4 is 10.1 Å². The highest BCUT2D eigenvalue weighted by molar-refractivity contribution is 9.11. The highest BCUT2D eigenvalue weighted by atomic mass is 79.9. The summed E-state index contributed by atoms with van der Waals surface area (Å²) in [6.07, 6.45) is 0. The summed E-state index contributed by atoms with van der Waals surface area (Å²) in [6.45, 7) is 3.07. The monoisotopic (exact) mass is 477 g/mol. The van der Waals surface area contributed by atoms with Crippen LogP contribution in [0.2, 0.25) is 0 Å². The van der Waals surface area contributed by atoms with E-state index in [9.17, 15) is 4.39 Å². The molecule has 0 amide bonds. The molecule has 3 rings (SSSR count). The number of aryl methyl sites for hydroxylation is 1. The molecule has 0 fully saturated rings. The number of hydrogen-bond acceptors (Lipinski definition) is 2. The molecule has 0 aromatic heterocycles. The Bertz CT molecular complexity index is 891. The lowest BCUT2D eigenvalue weighted by atomic mass is 10.2. The predicted molar refractivity (Wildman–Crippen MR) is 111 cm³/mol. The largest absolute Gasteiger partial charge is 0.487 e. The van der Waals surface area contributed by atoms with Crippen LogP contribution in [0.15, 0.2) is 69.6 Å². The SMILES string of the molecule is Cc1cccc(NCc2cc(Br)c(OCc3cccc(F)c3)c(Br)c2)c1. The Labute approximate surface area is 169 Å². The first-order valence-electron chi connectivity index (χ1n) is 8.17. The van der Waals surface area contributed by atoms with Crippen molar-refractivity contribution in [3.63, 3.8) is 0 Å². The van der Waals surface area contributed by atoms with E-state index in [-0.39, 0.29) is 5.82 Å². The number of hydrogen-bond donors (Lipinski definition) is 1. The van der Waals surface area contributed by atoms with Crippen molar-refractivity contribution in [1.29, 1.82) is 0 Å². The van der Waals surface area contributed by atoms with E-state index in [1.165, 1.54) is 17.7 Å². The molecular weight excluding hydrogens is 461 g/mol. The Balaban J connectivity index is 1.67. The zero-order chi connectivity index (χ0) is 18.5. The molecule has 3 aromatic carbocycles. The number of ether oxygens (including phenoxy) is 1. The van der Waals surface area contributed by atoms with Crippen molar-refractivity contribution in [3.05, 3.63) is 92.1 Å². The molecule has 0 atom stereocenters.